The molecule has 0 heterocycles. The number of hydrogen-bond acceptors (Lipinski definition) is 3. The number of carbonyl (C=O) groups excluding carboxylic acids is 1. The van der Waals surface area contributed by atoms with Gasteiger partial charge in [0.1, 0.15) is 18.1 Å². The first-order valence-electron chi connectivity index (χ1n) is 10.1. The minimum Gasteiger partial charge on any atom is -0.493 e. The summed E-state index contributed by atoms with van der Waals surface area (Å²) in [5.41, 5.74) is 3.48. The quantitative estimate of drug-likeness (QED) is 0.391. The highest BCUT2D eigenvalue weighted by molar-refractivity contribution is 5.94. The maximum absolute atomic E-state index is 12.8. The number of rotatable bonds is 10. The molecule has 29 heavy (non-hydrogen) atoms. The van der Waals surface area contributed by atoms with Crippen molar-refractivity contribution in [3.05, 3.63) is 65.7 Å². The third-order valence-corrected chi connectivity index (χ3v) is 4.74. The van der Waals surface area contributed by atoms with E-state index in [9.17, 15) is 4.79 Å². The summed E-state index contributed by atoms with van der Waals surface area (Å²) in [4.78, 5) is 12.8. The van der Waals surface area contributed by atoms with E-state index in [1.54, 1.807) is 0 Å². The lowest BCUT2D eigenvalue weighted by molar-refractivity contribution is -0.124. The second kappa shape index (κ2) is 10.1. The van der Waals surface area contributed by atoms with Gasteiger partial charge in [0.25, 0.3) is 0 Å². The molecule has 0 radical (unpaired) electrons. The van der Waals surface area contributed by atoms with E-state index >= 15 is 0 Å². The Morgan fingerprint density at radius 2 is 1.86 bits per heavy atom. The maximum Gasteiger partial charge on any atom is 0.230 e. The number of anilines is 1. The van der Waals surface area contributed by atoms with Crippen LogP contribution in [0.5, 0.6) is 11.5 Å². The van der Waals surface area contributed by atoms with Gasteiger partial charge in [-0.15, -0.1) is 0 Å². The zero-order valence-electron chi connectivity index (χ0n) is 18.3. The van der Waals surface area contributed by atoms with Crippen LogP contribution in [0.2, 0.25) is 0 Å². The van der Waals surface area contributed by atoms with Crippen molar-refractivity contribution in [3.8, 4) is 11.5 Å². The van der Waals surface area contributed by atoms with Crippen LogP contribution in [0.1, 0.15) is 44.7 Å². The van der Waals surface area contributed by atoms with Crippen LogP contribution in [-0.2, 0) is 4.79 Å². The second-order valence-electron chi connectivity index (χ2n) is 8.33. The molecule has 0 unspecified atom stereocenters. The summed E-state index contributed by atoms with van der Waals surface area (Å²) in [6, 6.07) is 13.6. The molecule has 2 rings (SSSR count). The molecule has 0 spiro atoms. The summed E-state index contributed by atoms with van der Waals surface area (Å²) >= 11 is 0. The Bertz CT molecular complexity index is 855. The average molecular weight is 396 g/mol. The molecule has 4 heteroatoms. The minimum absolute atomic E-state index is 0.0127. The summed E-state index contributed by atoms with van der Waals surface area (Å²) in [6.45, 7) is 14.8. The lowest BCUT2D eigenvalue weighted by Crippen LogP contribution is -2.31. The Kier molecular flexibility index (Phi) is 7.89. The Labute approximate surface area is 174 Å². The Hall–Kier alpha value is -2.75. The van der Waals surface area contributed by atoms with Gasteiger partial charge in [-0.25, -0.2) is 0 Å². The molecular formula is C25H33NO3. The van der Waals surface area contributed by atoms with Crippen LogP contribution in [0.3, 0.4) is 0 Å². The van der Waals surface area contributed by atoms with Crippen molar-refractivity contribution in [1.82, 2.24) is 0 Å². The van der Waals surface area contributed by atoms with Gasteiger partial charge in [0, 0.05) is 17.2 Å². The third kappa shape index (κ3) is 7.30. The number of hydrogen-bond donors (Lipinski definition) is 1. The minimum atomic E-state index is -0.500. The first kappa shape index (κ1) is 22.5. The molecule has 0 aliphatic rings. The molecule has 0 aromatic heterocycles. The van der Waals surface area contributed by atoms with E-state index in [0.29, 0.717) is 19.0 Å². The molecule has 0 bridgehead atoms. The van der Waals surface area contributed by atoms with Gasteiger partial charge in [0.05, 0.1) is 6.61 Å². The van der Waals surface area contributed by atoms with Crippen LogP contribution >= 0.6 is 0 Å². The Morgan fingerprint density at radius 3 is 2.59 bits per heavy atom. The van der Waals surface area contributed by atoms with Gasteiger partial charge in [-0.2, -0.15) is 0 Å². The largest absolute Gasteiger partial charge is 0.493 e. The molecule has 1 amide bonds. The van der Waals surface area contributed by atoms with Crippen molar-refractivity contribution in [1.29, 1.82) is 0 Å². The Morgan fingerprint density at radius 1 is 1.10 bits per heavy atom. The predicted octanol–water partition coefficient (Wildman–Crippen LogP) is 6.08. The molecule has 0 aliphatic carbocycles. The standard InChI is InChI=1S/C25H33NO3/c1-18(2)17-29-22-10-7-9-21(16-22)26-24(27)25(5,6)13-8-14-28-23-15-19(3)11-12-20(23)4/h7,9-12,15-16H,1,8,13-14,17H2,2-6H3,(H,26,27). The van der Waals surface area contributed by atoms with Crippen molar-refractivity contribution in [2.45, 2.75) is 47.5 Å². The number of ether oxygens (including phenoxy) is 2. The second-order valence-corrected chi connectivity index (χ2v) is 8.33. The number of aryl methyl sites for hydroxylation is 2. The van der Waals surface area contributed by atoms with Gasteiger partial charge in [-0.05, 0) is 68.5 Å². The normalized spacial score (nSPS) is 11.1. The molecule has 0 saturated carbocycles. The molecule has 2 aromatic carbocycles. The van der Waals surface area contributed by atoms with Crippen LogP contribution in [-0.4, -0.2) is 19.1 Å². The molecular weight excluding hydrogens is 362 g/mol. The van der Waals surface area contributed by atoms with Gasteiger partial charge in [-0.1, -0.05) is 38.6 Å². The van der Waals surface area contributed by atoms with E-state index in [4.69, 9.17) is 9.47 Å². The summed E-state index contributed by atoms with van der Waals surface area (Å²) in [7, 11) is 0. The molecule has 0 saturated heterocycles. The zero-order chi connectivity index (χ0) is 21.4. The van der Waals surface area contributed by atoms with Crippen molar-refractivity contribution in [3.63, 3.8) is 0 Å². The zero-order valence-corrected chi connectivity index (χ0v) is 18.3. The number of benzene rings is 2. The van der Waals surface area contributed by atoms with Crippen molar-refractivity contribution in [2.75, 3.05) is 18.5 Å². The fraction of sp³-hybridized carbons (Fsp3) is 0.400. The van der Waals surface area contributed by atoms with Crippen molar-refractivity contribution < 1.29 is 14.3 Å². The lowest BCUT2D eigenvalue weighted by Gasteiger charge is -2.24. The van der Waals surface area contributed by atoms with Crippen molar-refractivity contribution in [2.24, 2.45) is 5.41 Å². The summed E-state index contributed by atoms with van der Waals surface area (Å²) in [5.74, 6) is 1.62. The SMILES string of the molecule is C=C(C)COc1cccc(NC(=O)C(C)(C)CCCOc2cc(C)ccc2C)c1. The highest BCUT2D eigenvalue weighted by Gasteiger charge is 2.27. The monoisotopic (exact) mass is 395 g/mol. The first-order chi connectivity index (χ1) is 13.7. The number of carbonyl (C=O) groups is 1. The van der Waals surface area contributed by atoms with E-state index in [-0.39, 0.29) is 5.91 Å². The van der Waals surface area contributed by atoms with E-state index < -0.39 is 5.41 Å². The lowest BCUT2D eigenvalue weighted by atomic mass is 9.87. The van der Waals surface area contributed by atoms with Crippen LogP contribution in [0, 0.1) is 19.3 Å². The first-order valence-corrected chi connectivity index (χ1v) is 10.1. The highest BCUT2D eigenvalue weighted by atomic mass is 16.5. The molecule has 156 valence electrons. The van der Waals surface area contributed by atoms with E-state index in [0.717, 1.165) is 35.4 Å². The molecule has 0 aliphatic heterocycles. The van der Waals surface area contributed by atoms with Crippen LogP contribution < -0.4 is 14.8 Å². The van der Waals surface area contributed by atoms with Crippen molar-refractivity contribution >= 4 is 11.6 Å². The van der Waals surface area contributed by atoms with E-state index in [1.807, 2.05) is 52.0 Å². The topological polar surface area (TPSA) is 47.6 Å². The summed E-state index contributed by atoms with van der Waals surface area (Å²) in [6.07, 6.45) is 1.53. The molecule has 1 N–H and O–H groups in total. The van der Waals surface area contributed by atoms with Gasteiger partial charge in [0.2, 0.25) is 5.91 Å². The summed E-state index contributed by atoms with van der Waals surface area (Å²) < 4.78 is 11.6. The maximum atomic E-state index is 12.8. The molecule has 0 fully saturated rings. The van der Waals surface area contributed by atoms with E-state index in [1.165, 1.54) is 5.56 Å². The van der Waals surface area contributed by atoms with Gasteiger partial charge >= 0.3 is 0 Å². The highest BCUT2D eigenvalue weighted by Crippen LogP contribution is 2.27. The van der Waals surface area contributed by atoms with E-state index in [2.05, 4.69) is 37.0 Å². The average Bonchev–Trinajstić information content (AvgIpc) is 2.66. The van der Waals surface area contributed by atoms with Gasteiger partial charge < -0.3 is 14.8 Å². The molecule has 2 aromatic rings. The van der Waals surface area contributed by atoms with Crippen LogP contribution in [0.15, 0.2) is 54.6 Å². The van der Waals surface area contributed by atoms with Gasteiger partial charge in [0.15, 0.2) is 0 Å². The van der Waals surface area contributed by atoms with Crippen LogP contribution in [0.25, 0.3) is 0 Å². The molecule has 0 atom stereocenters. The third-order valence-electron chi connectivity index (χ3n) is 4.74. The Balaban J connectivity index is 1.85. The van der Waals surface area contributed by atoms with Gasteiger partial charge in [-0.3, -0.25) is 4.79 Å². The smallest absolute Gasteiger partial charge is 0.230 e. The number of nitrogens with one attached hydrogen (secondary N) is 1. The van der Waals surface area contributed by atoms with Crippen LogP contribution in [0.4, 0.5) is 5.69 Å². The molecule has 4 nitrogen and oxygen atoms in total. The predicted molar refractivity (Wildman–Crippen MR) is 120 cm³/mol. The number of amides is 1. The fourth-order valence-corrected chi connectivity index (χ4v) is 2.84. The fourth-order valence-electron chi connectivity index (χ4n) is 2.84. The summed E-state index contributed by atoms with van der Waals surface area (Å²) in [5, 5.41) is 3.00.